The Morgan fingerprint density at radius 1 is 1.70 bits per heavy atom. The van der Waals surface area contributed by atoms with Crippen LogP contribution in [0.5, 0.6) is 5.88 Å². The number of ether oxygens (including phenoxy) is 1. The van der Waals surface area contributed by atoms with Crippen molar-refractivity contribution in [2.24, 2.45) is 0 Å². The van der Waals surface area contributed by atoms with E-state index in [-0.39, 0.29) is 0 Å². The Labute approximate surface area is 58.9 Å². The molecule has 1 heterocycles. The Balaban J connectivity index is 2.94. The van der Waals surface area contributed by atoms with Crippen molar-refractivity contribution in [3.8, 4) is 12.1 Å². The number of nitrogens with zero attached hydrogens (tertiary/aromatic N) is 2. The zero-order chi connectivity index (χ0) is 7.40. The zero-order valence-corrected chi connectivity index (χ0v) is 5.53. The molecule has 0 aliphatic heterocycles. The Kier molecular flexibility index (Phi) is 1.86. The summed E-state index contributed by atoms with van der Waals surface area (Å²) in [6, 6.07) is 3.62. The molecule has 0 atom stereocenters. The van der Waals surface area contributed by atoms with Crippen molar-refractivity contribution in [1.29, 1.82) is 5.26 Å². The fourth-order valence-corrected chi connectivity index (χ4v) is 0.621. The third-order valence-electron chi connectivity index (χ3n) is 1.10. The van der Waals surface area contributed by atoms with Crippen LogP contribution < -0.4 is 4.74 Å². The second-order valence-corrected chi connectivity index (χ2v) is 1.82. The molecule has 0 aliphatic rings. The minimum atomic E-state index is 0.380. The standard InChI is InChI=1S/C7H6N2O/c1-6-3-2-4-9-7(6)10-5-8/h2-4H,1H3. The average molecular weight is 134 g/mol. The van der Waals surface area contributed by atoms with Crippen molar-refractivity contribution >= 4 is 0 Å². The summed E-state index contributed by atoms with van der Waals surface area (Å²) in [5, 5.41) is 8.13. The SMILES string of the molecule is Cc1cccnc1OC#N. The van der Waals surface area contributed by atoms with Crippen LogP contribution in [0.1, 0.15) is 5.56 Å². The molecule has 0 saturated heterocycles. The lowest BCUT2D eigenvalue weighted by atomic mass is 10.3. The molecule has 0 saturated carbocycles. The van der Waals surface area contributed by atoms with Crippen LogP contribution in [0.2, 0.25) is 0 Å². The summed E-state index contributed by atoms with van der Waals surface area (Å²) in [7, 11) is 0. The first-order chi connectivity index (χ1) is 4.84. The summed E-state index contributed by atoms with van der Waals surface area (Å²) in [6.07, 6.45) is 3.15. The number of nitriles is 1. The Morgan fingerprint density at radius 3 is 3.10 bits per heavy atom. The minimum absolute atomic E-state index is 0.380. The first kappa shape index (κ1) is 6.56. The molecule has 1 rings (SSSR count). The van der Waals surface area contributed by atoms with E-state index in [0.29, 0.717) is 5.88 Å². The van der Waals surface area contributed by atoms with Crippen LogP contribution in [0, 0.1) is 18.4 Å². The molecule has 0 N–H and O–H groups in total. The van der Waals surface area contributed by atoms with Crippen molar-refractivity contribution in [2.45, 2.75) is 6.92 Å². The van der Waals surface area contributed by atoms with Gasteiger partial charge in [-0.3, -0.25) is 0 Å². The van der Waals surface area contributed by atoms with E-state index in [2.05, 4.69) is 9.72 Å². The smallest absolute Gasteiger partial charge is 0.293 e. The highest BCUT2D eigenvalue weighted by Gasteiger charge is 1.96. The normalized spacial score (nSPS) is 8.40. The van der Waals surface area contributed by atoms with Gasteiger partial charge in [-0.1, -0.05) is 6.07 Å². The third kappa shape index (κ3) is 1.23. The Hall–Kier alpha value is -1.56. The van der Waals surface area contributed by atoms with Crippen LogP contribution in [0.25, 0.3) is 0 Å². The van der Waals surface area contributed by atoms with Gasteiger partial charge < -0.3 is 4.74 Å². The third-order valence-corrected chi connectivity index (χ3v) is 1.10. The number of hydrogen-bond acceptors (Lipinski definition) is 3. The van der Waals surface area contributed by atoms with Crippen LogP contribution in [0.15, 0.2) is 18.3 Å². The van der Waals surface area contributed by atoms with Crippen LogP contribution in [0.4, 0.5) is 0 Å². The monoisotopic (exact) mass is 134 g/mol. The van der Waals surface area contributed by atoms with Crippen LogP contribution in [-0.2, 0) is 0 Å². The maximum Gasteiger partial charge on any atom is 0.293 e. The Morgan fingerprint density at radius 2 is 2.50 bits per heavy atom. The molecule has 0 amide bonds. The molecule has 0 aromatic carbocycles. The van der Waals surface area contributed by atoms with Gasteiger partial charge in [-0.15, -0.1) is 5.26 Å². The molecule has 0 unspecified atom stereocenters. The highest BCUT2D eigenvalue weighted by Crippen LogP contribution is 2.10. The second kappa shape index (κ2) is 2.83. The van der Waals surface area contributed by atoms with Crippen LogP contribution in [0.3, 0.4) is 0 Å². The fraction of sp³-hybridized carbons (Fsp3) is 0.143. The molecule has 0 aliphatic carbocycles. The van der Waals surface area contributed by atoms with Gasteiger partial charge >= 0.3 is 0 Å². The number of pyridine rings is 1. The molecule has 3 nitrogen and oxygen atoms in total. The molecular weight excluding hydrogens is 128 g/mol. The largest absolute Gasteiger partial charge is 0.367 e. The van der Waals surface area contributed by atoms with E-state index >= 15 is 0 Å². The van der Waals surface area contributed by atoms with E-state index < -0.39 is 0 Å². The van der Waals surface area contributed by atoms with E-state index in [0.717, 1.165) is 5.56 Å². The van der Waals surface area contributed by atoms with Gasteiger partial charge in [-0.05, 0) is 13.0 Å². The molecule has 1 aromatic heterocycles. The molecular formula is C7H6N2O. The molecule has 0 bridgehead atoms. The van der Waals surface area contributed by atoms with Crippen LogP contribution >= 0.6 is 0 Å². The number of hydrogen-bond donors (Lipinski definition) is 0. The predicted molar refractivity (Wildman–Crippen MR) is 35.2 cm³/mol. The van der Waals surface area contributed by atoms with E-state index in [9.17, 15) is 0 Å². The lowest BCUT2D eigenvalue weighted by molar-refractivity contribution is 0.482. The van der Waals surface area contributed by atoms with Crippen molar-refractivity contribution < 1.29 is 4.74 Å². The summed E-state index contributed by atoms with van der Waals surface area (Å²) in [5.41, 5.74) is 0.865. The first-order valence-corrected chi connectivity index (χ1v) is 2.82. The van der Waals surface area contributed by atoms with Crippen LogP contribution in [-0.4, -0.2) is 4.98 Å². The lowest BCUT2D eigenvalue weighted by Gasteiger charge is -1.95. The summed E-state index contributed by atoms with van der Waals surface area (Å²) >= 11 is 0. The number of aryl methyl sites for hydroxylation is 1. The van der Waals surface area contributed by atoms with E-state index in [1.54, 1.807) is 18.5 Å². The predicted octanol–water partition coefficient (Wildman–Crippen LogP) is 1.25. The highest BCUT2D eigenvalue weighted by atomic mass is 16.5. The molecule has 1 aromatic rings. The van der Waals surface area contributed by atoms with Gasteiger partial charge in [0, 0.05) is 11.8 Å². The fourth-order valence-electron chi connectivity index (χ4n) is 0.621. The lowest BCUT2D eigenvalue weighted by Crippen LogP contribution is -1.88. The maximum absolute atomic E-state index is 8.13. The summed E-state index contributed by atoms with van der Waals surface area (Å²) in [6.45, 7) is 1.83. The summed E-state index contributed by atoms with van der Waals surface area (Å²) in [4.78, 5) is 3.82. The van der Waals surface area contributed by atoms with Crippen molar-refractivity contribution in [3.05, 3.63) is 23.9 Å². The van der Waals surface area contributed by atoms with E-state index in [4.69, 9.17) is 5.26 Å². The van der Waals surface area contributed by atoms with Gasteiger partial charge in [0.1, 0.15) is 0 Å². The van der Waals surface area contributed by atoms with Crippen molar-refractivity contribution in [1.82, 2.24) is 4.98 Å². The quantitative estimate of drug-likeness (QED) is 0.543. The van der Waals surface area contributed by atoms with Gasteiger partial charge in [0.25, 0.3) is 6.26 Å². The van der Waals surface area contributed by atoms with Gasteiger partial charge in [0.05, 0.1) is 0 Å². The zero-order valence-electron chi connectivity index (χ0n) is 5.53. The maximum atomic E-state index is 8.13. The Bertz CT molecular complexity index is 265. The number of rotatable bonds is 1. The summed E-state index contributed by atoms with van der Waals surface area (Å²) < 4.78 is 4.53. The highest BCUT2D eigenvalue weighted by molar-refractivity contribution is 5.23. The molecule has 50 valence electrons. The van der Waals surface area contributed by atoms with Crippen molar-refractivity contribution in [3.63, 3.8) is 0 Å². The topological polar surface area (TPSA) is 45.9 Å². The molecule has 10 heavy (non-hydrogen) atoms. The second-order valence-electron chi connectivity index (χ2n) is 1.82. The van der Waals surface area contributed by atoms with E-state index in [1.807, 2.05) is 13.0 Å². The summed E-state index contributed by atoms with van der Waals surface area (Å²) in [5.74, 6) is 0.380. The minimum Gasteiger partial charge on any atom is -0.367 e. The number of aromatic nitrogens is 1. The van der Waals surface area contributed by atoms with Crippen molar-refractivity contribution in [2.75, 3.05) is 0 Å². The van der Waals surface area contributed by atoms with Gasteiger partial charge in [0.15, 0.2) is 0 Å². The van der Waals surface area contributed by atoms with E-state index in [1.165, 1.54) is 0 Å². The van der Waals surface area contributed by atoms with Gasteiger partial charge in [-0.2, -0.15) is 0 Å². The average Bonchev–Trinajstić information content (AvgIpc) is 1.94. The molecule has 0 radical (unpaired) electrons. The molecule has 0 spiro atoms. The first-order valence-electron chi connectivity index (χ1n) is 2.82. The van der Waals surface area contributed by atoms with Gasteiger partial charge in [0.2, 0.25) is 5.88 Å². The van der Waals surface area contributed by atoms with Gasteiger partial charge in [-0.25, -0.2) is 4.98 Å². The molecule has 3 heteroatoms. The molecule has 0 fully saturated rings.